The van der Waals surface area contributed by atoms with Gasteiger partial charge in [0.2, 0.25) is 35.4 Å². The van der Waals surface area contributed by atoms with Gasteiger partial charge in [-0.25, -0.2) is 42.5 Å². The van der Waals surface area contributed by atoms with Crippen molar-refractivity contribution >= 4 is 87.1 Å². The Kier molecular flexibility index (Phi) is 30.9. The molecule has 3 amide bonds. The molecule has 18 atom stereocenters. The monoisotopic (exact) mass is 1850 g/mol. The molecule has 6 aromatic rings. The molecular formula is C100H133N9O18V2-2. The standard InChI is InChI=1S/C35H47N3O6.C33H44N3O6.C32H42N3O6.2V/c1-19-30-18-38(32(19)20(2)39)34(41)25(35(3,4)5)17-31(40)43-29-15-21-14-24(21)23(29)10-8-7-9-11-27-33(44-30)37-28-16-22(42-6)12-13-26(28)36-27;1-31(2,3)22-16-28(38)42-33(6)17-20(33)11-9-8-10-12-24-29(35-25-15-21(40-7)13-14-23(25)34-24)41-27-18-36(30(22)39)26(19-37)32(27,4)5;1-31(2,3)21-16-28(37)40-25-14-19(25)10-8-7-9-11-23-29(34-24-15-20(39-6)12-13-22(24)33-23)41-27-17-35(30(21)38)26(18-36)32(27,4)5;;/h12-13,16,19,21,23-25,29-30,32H,7-11,14-15,17-18H2,1-6H3;13-15,20,22,26-27H,8-12,16-18H2,1-7H3;12-13,15,19,21,25-27H,7-11,14,16-17H2,1-6H3;;/q;2*-1;;/t19-,21?,23-,24?,25-,29-,30+,32+;20-,22-,26-,27+,33-;19-,21-,25-,26-,27+;;/m111../s1. The van der Waals surface area contributed by atoms with Crippen LogP contribution in [0.4, 0.5) is 0 Å². The Bertz CT molecular complexity index is 5120. The van der Waals surface area contributed by atoms with Crippen LogP contribution in [0.5, 0.6) is 34.9 Å². The maximum Gasteiger partial charge on any atom is 0.307 e. The summed E-state index contributed by atoms with van der Waals surface area (Å²) < 4.78 is 53.9. The van der Waals surface area contributed by atoms with E-state index in [-0.39, 0.29) is 136 Å². The van der Waals surface area contributed by atoms with Gasteiger partial charge in [0.1, 0.15) is 70.5 Å². The third-order valence-corrected chi connectivity index (χ3v) is 29.4. The molecule has 6 bridgehead atoms. The molecule has 9 heterocycles. The number of hydrogen-bond donors (Lipinski definition) is 0. The predicted octanol–water partition coefficient (Wildman–Crippen LogP) is 15.6. The molecule has 3 saturated heterocycles. The third-order valence-electron chi connectivity index (χ3n) is 29.4. The van der Waals surface area contributed by atoms with Crippen LogP contribution in [-0.4, -0.2) is 194 Å². The number of benzene rings is 3. The second-order valence-electron chi connectivity index (χ2n) is 42.4. The first-order chi connectivity index (χ1) is 60.1. The van der Waals surface area contributed by atoms with Gasteiger partial charge in [0.25, 0.3) is 0 Å². The first-order valence-electron chi connectivity index (χ1n) is 46.4. The molecule has 4 aliphatic carbocycles. The van der Waals surface area contributed by atoms with E-state index < -0.39 is 86.9 Å². The molecule has 2 radical (unpaired) electrons. The van der Waals surface area contributed by atoms with Crippen molar-refractivity contribution in [3.05, 3.63) is 71.7 Å². The molecule has 0 spiro atoms. The smallest absolute Gasteiger partial charge is 0.307 e. The fourth-order valence-corrected chi connectivity index (χ4v) is 20.8. The summed E-state index contributed by atoms with van der Waals surface area (Å²) in [6.45, 7) is 31.3. The average Bonchev–Trinajstić information content (AvgIpc) is 1.63. The van der Waals surface area contributed by atoms with Crippen LogP contribution in [0, 0.1) is 80.3 Å². The first kappa shape index (κ1) is 99.5. The quantitative estimate of drug-likeness (QED) is 0.0849. The number of amides is 3. The minimum Gasteiger partial charge on any atom is -0.540 e. The van der Waals surface area contributed by atoms with E-state index in [9.17, 15) is 43.2 Å². The van der Waals surface area contributed by atoms with Gasteiger partial charge in [0.05, 0.1) is 117 Å². The molecule has 29 heteroatoms. The van der Waals surface area contributed by atoms with Crippen molar-refractivity contribution in [1.82, 2.24) is 44.6 Å². The number of hydrogen-bond acceptors (Lipinski definition) is 24. The molecule has 6 aliphatic heterocycles. The van der Waals surface area contributed by atoms with Crippen LogP contribution in [0.25, 0.3) is 33.1 Å². The van der Waals surface area contributed by atoms with E-state index in [0.29, 0.717) is 100 Å². The number of aryl methyl sites for hydroxylation is 3. The minimum atomic E-state index is -0.847. The van der Waals surface area contributed by atoms with Crippen LogP contribution in [-0.2, 0) is 114 Å². The molecule has 129 heavy (non-hydrogen) atoms. The summed E-state index contributed by atoms with van der Waals surface area (Å²) >= 11 is 0. The van der Waals surface area contributed by atoms with E-state index in [1.807, 2.05) is 158 Å². The average molecular weight is 1850 g/mol. The fraction of sp³-hybridized carbons (Fsp3) is 0.670. The fourth-order valence-electron chi connectivity index (χ4n) is 20.8. The van der Waals surface area contributed by atoms with Crippen molar-refractivity contribution in [2.75, 3.05) is 41.0 Å². The van der Waals surface area contributed by atoms with Crippen molar-refractivity contribution in [3.63, 3.8) is 0 Å². The van der Waals surface area contributed by atoms with Gasteiger partial charge in [0.15, 0.2) is 5.78 Å². The number of carbonyl (C=O) groups is 7. The van der Waals surface area contributed by atoms with Crippen molar-refractivity contribution in [3.8, 4) is 34.9 Å². The Morgan fingerprint density at radius 1 is 0.442 bits per heavy atom. The molecule has 2 unspecified atom stereocenters. The van der Waals surface area contributed by atoms with Gasteiger partial charge in [-0.3, -0.25) is 33.6 Å². The van der Waals surface area contributed by atoms with Crippen molar-refractivity contribution < 1.29 is 123 Å². The van der Waals surface area contributed by atoms with Gasteiger partial charge in [0, 0.05) is 67.1 Å². The number of fused-ring (bicyclic) bond motifs is 17. The minimum absolute atomic E-state index is 0. The zero-order chi connectivity index (χ0) is 91.3. The van der Waals surface area contributed by atoms with E-state index >= 15 is 0 Å². The summed E-state index contributed by atoms with van der Waals surface area (Å²) in [5.74, 6) is 1.68. The number of aromatic nitrogens is 6. The number of ketones is 1. The van der Waals surface area contributed by atoms with E-state index in [1.54, 1.807) is 36.0 Å². The number of nitrogens with zero attached hydrogens (tertiary/aromatic N) is 9. The summed E-state index contributed by atoms with van der Waals surface area (Å²) in [5.41, 5.74) is 3.03. The summed E-state index contributed by atoms with van der Waals surface area (Å²) in [4.78, 5) is 154. The Morgan fingerprint density at radius 3 is 1.26 bits per heavy atom. The van der Waals surface area contributed by atoms with Crippen molar-refractivity contribution in [2.24, 2.45) is 80.3 Å². The van der Waals surface area contributed by atoms with Gasteiger partial charge in [-0.15, -0.1) is 0 Å². The molecule has 7 fully saturated rings. The van der Waals surface area contributed by atoms with E-state index in [1.165, 1.54) is 13.3 Å². The zero-order valence-corrected chi connectivity index (χ0v) is 81.7. The Labute approximate surface area is 783 Å². The summed E-state index contributed by atoms with van der Waals surface area (Å²) in [6, 6.07) is 14.5. The molecule has 4 saturated carbocycles. The van der Waals surface area contributed by atoms with Crippen LogP contribution >= 0.6 is 0 Å². The largest absolute Gasteiger partial charge is 0.540 e. The Hall–Kier alpha value is -8.52. The van der Waals surface area contributed by atoms with Gasteiger partial charge >= 0.3 is 17.9 Å². The van der Waals surface area contributed by atoms with Gasteiger partial charge in [-0.1, -0.05) is 148 Å². The second kappa shape index (κ2) is 40.1. The number of methoxy groups -OCH3 is 3. The first-order valence-corrected chi connectivity index (χ1v) is 46.4. The van der Waals surface area contributed by atoms with Gasteiger partial charge in [-0.05, 0) is 184 Å². The third kappa shape index (κ3) is 22.2. The summed E-state index contributed by atoms with van der Waals surface area (Å²) in [7, 11) is 4.84. The Balaban J connectivity index is 0.000000174. The maximum atomic E-state index is 14.3. The van der Waals surface area contributed by atoms with E-state index in [2.05, 4.69) is 12.6 Å². The topological polar surface area (TPSA) is 324 Å². The molecule has 698 valence electrons. The molecular weight excluding hydrogens is 1720 g/mol. The summed E-state index contributed by atoms with van der Waals surface area (Å²) in [6.07, 6.45) is 20.5. The maximum absolute atomic E-state index is 14.3. The second-order valence-corrected chi connectivity index (χ2v) is 42.4. The van der Waals surface area contributed by atoms with Crippen LogP contribution in [0.2, 0.25) is 0 Å². The van der Waals surface area contributed by atoms with Crippen LogP contribution < -0.4 is 28.4 Å². The number of carbonyl (C=O) groups excluding carboxylic acids is 9. The number of ether oxygens (including phenoxy) is 9. The molecule has 0 N–H and O–H groups in total. The van der Waals surface area contributed by atoms with Gasteiger partial charge in [-0.2, -0.15) is 0 Å². The normalized spacial score (nSPS) is 30.3. The van der Waals surface area contributed by atoms with Crippen molar-refractivity contribution in [2.45, 2.75) is 306 Å². The van der Waals surface area contributed by atoms with Crippen LogP contribution in [0.1, 0.15) is 250 Å². The number of Topliss-reactive ketones (excluding diaryl/α,β-unsaturated/α-hetero) is 1. The van der Waals surface area contributed by atoms with Crippen LogP contribution in [0.15, 0.2) is 54.6 Å². The van der Waals surface area contributed by atoms with Crippen molar-refractivity contribution in [1.29, 1.82) is 0 Å². The zero-order valence-electron chi connectivity index (χ0n) is 79.0. The molecule has 27 nitrogen and oxygen atoms in total. The number of rotatable bonds is 6. The number of esters is 3. The van der Waals surface area contributed by atoms with Crippen LogP contribution in [0.3, 0.4) is 0 Å². The predicted molar refractivity (Wildman–Crippen MR) is 476 cm³/mol. The Morgan fingerprint density at radius 2 is 0.837 bits per heavy atom. The molecule has 10 aliphatic rings. The van der Waals surface area contributed by atoms with Gasteiger partial charge < -0.3 is 66.9 Å². The molecule has 16 rings (SSSR count). The van der Waals surface area contributed by atoms with E-state index in [0.717, 1.165) is 130 Å². The molecule has 3 aromatic carbocycles. The van der Waals surface area contributed by atoms with E-state index in [4.69, 9.17) is 72.5 Å². The molecule has 3 aromatic heterocycles. The SMILES string of the molecule is COc1ccc2nc3c(nc2c1)O[C@H]1CN(C(=O)[C@H](C(C)(C)C)CC(=O)O[C@@H]2CC4CC4[C@H]2CCCCC3)[C@H](C(C)=O)[C@@H]1C.COc1ccc2nc3c(nc2c1)O[C@H]1CN(C(=O)[C@H](C(C)(C)C)CC(=O)O[C@@H]2C[C@H]2CCCCC3)[C@H]([C-]=O)C1(C)C.COc1ccc2nc3c(nc2c1)O[C@H]1CN(C(=O)[C@H](C(C)(C)C)CC(=O)O[C@]2(C)C[C@H]2CCCCC3)[C@H]([C-]=O)C1(C)C.[V].[V]. The summed E-state index contributed by atoms with van der Waals surface area (Å²) in [5, 5.41) is 0.